The maximum Gasteiger partial charge on any atom is 0.258 e. The molecule has 2 saturated carbocycles. The number of aliphatic imine (C=N–C) groups is 1. The minimum absolute atomic E-state index is 0.0804. The first-order valence-electron chi connectivity index (χ1n) is 11.0. The Labute approximate surface area is 168 Å². The zero-order valence-electron chi connectivity index (χ0n) is 17.3. The minimum Gasteiger partial charge on any atom is -0.497 e. The maximum atomic E-state index is 13.1. The Morgan fingerprint density at radius 2 is 1.46 bits per heavy atom. The second-order valence-corrected chi connectivity index (χ2v) is 8.47. The van der Waals surface area contributed by atoms with Crippen LogP contribution in [0.25, 0.3) is 0 Å². The Kier molecular flexibility index (Phi) is 5.88. The normalized spacial score (nSPS) is 24.4. The van der Waals surface area contributed by atoms with E-state index in [0.29, 0.717) is 12.1 Å². The molecule has 28 heavy (non-hydrogen) atoms. The van der Waals surface area contributed by atoms with Crippen LogP contribution in [0.4, 0.5) is 5.69 Å². The Morgan fingerprint density at radius 3 is 1.96 bits per heavy atom. The number of hydrogen-bond donors (Lipinski definition) is 0. The highest BCUT2D eigenvalue weighted by atomic mass is 16.5. The molecular formula is C23H33N3O2. The number of anilines is 1. The quantitative estimate of drug-likeness (QED) is 0.753. The molecule has 0 N–H and O–H groups in total. The third kappa shape index (κ3) is 3.76. The molecule has 0 bridgehead atoms. The molecule has 0 saturated heterocycles. The third-order valence-electron chi connectivity index (χ3n) is 6.58. The van der Waals surface area contributed by atoms with Crippen molar-refractivity contribution < 1.29 is 9.53 Å². The van der Waals surface area contributed by atoms with Gasteiger partial charge in [-0.05, 0) is 56.9 Å². The lowest BCUT2D eigenvalue weighted by atomic mass is 9.89. The fraction of sp³-hybridized carbons (Fsp3) is 0.652. The molecular weight excluding hydrogens is 350 g/mol. The predicted molar refractivity (Wildman–Crippen MR) is 113 cm³/mol. The number of carbonyl (C=O) groups excluding carboxylic acids is 1. The zero-order valence-corrected chi connectivity index (χ0v) is 17.3. The average molecular weight is 384 g/mol. The Bertz CT molecular complexity index is 685. The van der Waals surface area contributed by atoms with Crippen molar-refractivity contribution in [2.45, 2.75) is 89.3 Å². The summed E-state index contributed by atoms with van der Waals surface area (Å²) in [4.78, 5) is 22.4. The van der Waals surface area contributed by atoms with Crippen molar-refractivity contribution in [1.82, 2.24) is 4.90 Å². The standard InChI is InChI=1S/C23H33N3O2/c1-17-22(27)26(20-13-15-21(28-2)16-14-20)23(24-17)25(18-9-5-3-6-10-18)19-11-7-4-8-12-19/h13-19H,3-12H2,1-2H3. The average Bonchev–Trinajstić information content (AvgIpc) is 3.04. The van der Waals surface area contributed by atoms with Crippen molar-refractivity contribution in [3.05, 3.63) is 24.3 Å². The van der Waals surface area contributed by atoms with Crippen molar-refractivity contribution in [3.8, 4) is 5.75 Å². The minimum atomic E-state index is -0.313. The largest absolute Gasteiger partial charge is 0.497 e. The Morgan fingerprint density at radius 1 is 0.929 bits per heavy atom. The van der Waals surface area contributed by atoms with Gasteiger partial charge in [0, 0.05) is 12.1 Å². The fourth-order valence-electron chi connectivity index (χ4n) is 5.07. The molecule has 1 unspecified atom stereocenters. The Balaban J connectivity index is 1.68. The van der Waals surface area contributed by atoms with Crippen molar-refractivity contribution in [2.75, 3.05) is 12.0 Å². The van der Waals surface area contributed by atoms with Gasteiger partial charge in [0.15, 0.2) is 0 Å². The molecule has 0 radical (unpaired) electrons. The summed E-state index contributed by atoms with van der Waals surface area (Å²) in [5, 5.41) is 0. The molecule has 0 aromatic heterocycles. The van der Waals surface area contributed by atoms with Crippen LogP contribution in [0.5, 0.6) is 5.75 Å². The van der Waals surface area contributed by atoms with Gasteiger partial charge in [-0.2, -0.15) is 0 Å². The van der Waals surface area contributed by atoms with Crippen LogP contribution in [-0.4, -0.2) is 42.0 Å². The number of guanidine groups is 1. The highest BCUT2D eigenvalue weighted by Gasteiger charge is 2.41. The van der Waals surface area contributed by atoms with Gasteiger partial charge in [-0.1, -0.05) is 38.5 Å². The summed E-state index contributed by atoms with van der Waals surface area (Å²) >= 11 is 0. The van der Waals surface area contributed by atoms with Gasteiger partial charge in [0.05, 0.1) is 12.8 Å². The van der Waals surface area contributed by atoms with Crippen LogP contribution >= 0.6 is 0 Å². The fourth-order valence-corrected chi connectivity index (χ4v) is 5.07. The molecule has 152 valence electrons. The highest BCUT2D eigenvalue weighted by molar-refractivity contribution is 6.22. The van der Waals surface area contributed by atoms with E-state index in [9.17, 15) is 4.79 Å². The first-order valence-corrected chi connectivity index (χ1v) is 11.0. The maximum absolute atomic E-state index is 13.1. The van der Waals surface area contributed by atoms with E-state index in [-0.39, 0.29) is 11.9 Å². The molecule has 1 aromatic rings. The molecule has 1 atom stereocenters. The highest BCUT2D eigenvalue weighted by Crippen LogP contribution is 2.34. The number of rotatable bonds is 4. The Hall–Kier alpha value is -2.04. The van der Waals surface area contributed by atoms with E-state index in [2.05, 4.69) is 4.90 Å². The van der Waals surface area contributed by atoms with Crippen molar-refractivity contribution >= 4 is 17.6 Å². The second-order valence-electron chi connectivity index (χ2n) is 8.47. The molecule has 4 rings (SSSR count). The topological polar surface area (TPSA) is 45.1 Å². The summed E-state index contributed by atoms with van der Waals surface area (Å²) in [5.74, 6) is 1.77. The molecule has 5 heteroatoms. The SMILES string of the molecule is COc1ccc(N2C(=O)C(C)N=C2N(C2CCCCC2)C2CCCCC2)cc1. The molecule has 1 heterocycles. The summed E-state index contributed by atoms with van der Waals surface area (Å²) in [6.45, 7) is 1.92. The summed E-state index contributed by atoms with van der Waals surface area (Å²) in [6, 6.07) is 8.51. The van der Waals surface area contributed by atoms with E-state index < -0.39 is 0 Å². The zero-order chi connectivity index (χ0) is 19.5. The van der Waals surface area contributed by atoms with Gasteiger partial charge in [-0.25, -0.2) is 9.89 Å². The van der Waals surface area contributed by atoms with Gasteiger partial charge in [-0.3, -0.25) is 4.79 Å². The number of hydrogen-bond acceptors (Lipinski definition) is 4. The van der Waals surface area contributed by atoms with E-state index in [4.69, 9.17) is 9.73 Å². The second kappa shape index (κ2) is 8.54. The summed E-state index contributed by atoms with van der Waals surface area (Å²) in [6.07, 6.45) is 12.7. The van der Waals surface area contributed by atoms with Gasteiger partial charge in [0.2, 0.25) is 5.96 Å². The van der Waals surface area contributed by atoms with Crippen LogP contribution in [-0.2, 0) is 4.79 Å². The van der Waals surface area contributed by atoms with Crippen LogP contribution in [0.15, 0.2) is 29.3 Å². The van der Waals surface area contributed by atoms with Crippen LogP contribution in [0, 0.1) is 0 Å². The molecule has 2 aliphatic carbocycles. The van der Waals surface area contributed by atoms with E-state index in [1.807, 2.05) is 36.1 Å². The molecule has 1 aromatic carbocycles. The van der Waals surface area contributed by atoms with E-state index >= 15 is 0 Å². The van der Waals surface area contributed by atoms with E-state index in [1.54, 1.807) is 7.11 Å². The number of benzene rings is 1. The van der Waals surface area contributed by atoms with Crippen molar-refractivity contribution in [2.24, 2.45) is 4.99 Å². The number of amides is 1. The molecule has 2 fully saturated rings. The van der Waals surface area contributed by atoms with Crippen LogP contribution < -0.4 is 9.64 Å². The molecule has 3 aliphatic rings. The van der Waals surface area contributed by atoms with Crippen LogP contribution in [0.3, 0.4) is 0 Å². The predicted octanol–water partition coefficient (Wildman–Crippen LogP) is 4.75. The first kappa shape index (κ1) is 19.3. The molecule has 1 amide bonds. The molecule has 0 spiro atoms. The summed E-state index contributed by atoms with van der Waals surface area (Å²) in [7, 11) is 1.67. The van der Waals surface area contributed by atoms with Crippen molar-refractivity contribution in [1.29, 1.82) is 0 Å². The number of methoxy groups -OCH3 is 1. The molecule has 5 nitrogen and oxygen atoms in total. The summed E-state index contributed by atoms with van der Waals surface area (Å²) < 4.78 is 5.30. The van der Waals surface area contributed by atoms with Gasteiger partial charge in [0.25, 0.3) is 5.91 Å². The van der Waals surface area contributed by atoms with Gasteiger partial charge in [0.1, 0.15) is 11.8 Å². The van der Waals surface area contributed by atoms with Crippen molar-refractivity contribution in [3.63, 3.8) is 0 Å². The van der Waals surface area contributed by atoms with E-state index in [1.165, 1.54) is 64.2 Å². The van der Waals surface area contributed by atoms with Gasteiger partial charge in [-0.15, -0.1) is 0 Å². The number of nitrogens with zero attached hydrogens (tertiary/aromatic N) is 3. The third-order valence-corrected chi connectivity index (χ3v) is 6.58. The van der Waals surface area contributed by atoms with Crippen LogP contribution in [0.2, 0.25) is 0 Å². The first-order chi connectivity index (χ1) is 13.7. The lowest BCUT2D eigenvalue weighted by Crippen LogP contribution is -2.54. The van der Waals surface area contributed by atoms with Crippen LogP contribution in [0.1, 0.15) is 71.1 Å². The lowest BCUT2D eigenvalue weighted by molar-refractivity contribution is -0.117. The van der Waals surface area contributed by atoms with E-state index in [0.717, 1.165) is 17.4 Å². The lowest BCUT2D eigenvalue weighted by Gasteiger charge is -2.44. The monoisotopic (exact) mass is 383 g/mol. The molecule has 1 aliphatic heterocycles. The van der Waals surface area contributed by atoms with Gasteiger partial charge < -0.3 is 9.64 Å². The summed E-state index contributed by atoms with van der Waals surface area (Å²) in [5.41, 5.74) is 0.894. The van der Waals surface area contributed by atoms with Gasteiger partial charge >= 0.3 is 0 Å². The number of ether oxygens (including phenoxy) is 1. The smallest absolute Gasteiger partial charge is 0.258 e. The number of carbonyl (C=O) groups is 1.